The molecule has 8 heteroatoms. The fraction of sp³-hybridized carbons (Fsp3) is 0.250. The fourth-order valence-electron chi connectivity index (χ4n) is 1.62. The number of carbonyl (C=O) groups excluding carboxylic acids is 2. The molecule has 0 saturated carbocycles. The molecule has 8 nitrogen and oxygen atoms in total. The van der Waals surface area contributed by atoms with Crippen LogP contribution in [-0.4, -0.2) is 31.1 Å². The van der Waals surface area contributed by atoms with Gasteiger partial charge in [0.2, 0.25) is 0 Å². The number of methoxy groups -OCH3 is 2. The van der Waals surface area contributed by atoms with Crippen LogP contribution in [0.1, 0.15) is 32.1 Å². The zero-order valence-corrected chi connectivity index (χ0v) is 13.8. The Hall–Kier alpha value is -3.16. The van der Waals surface area contributed by atoms with E-state index in [2.05, 4.69) is 14.5 Å². The van der Waals surface area contributed by atoms with Crippen molar-refractivity contribution in [1.29, 1.82) is 0 Å². The van der Waals surface area contributed by atoms with Crippen LogP contribution in [0.25, 0.3) is 0 Å². The Labute approximate surface area is 138 Å². The molecule has 24 heavy (non-hydrogen) atoms. The van der Waals surface area contributed by atoms with Gasteiger partial charge >= 0.3 is 17.6 Å². The Kier molecular flexibility index (Phi) is 6.66. The van der Waals surface area contributed by atoms with Crippen LogP contribution < -0.4 is 10.3 Å². The van der Waals surface area contributed by atoms with E-state index in [9.17, 15) is 19.6 Å². The van der Waals surface area contributed by atoms with Crippen LogP contribution in [0.4, 0.5) is 0 Å². The molecule has 0 unspecified atom stereocenters. The van der Waals surface area contributed by atoms with Gasteiger partial charge in [0.25, 0.3) is 5.56 Å². The number of aromatic amines is 1. The Morgan fingerprint density at radius 1 is 1.04 bits per heavy atom. The zero-order chi connectivity index (χ0) is 18.3. The molecule has 2 rings (SSSR count). The summed E-state index contributed by atoms with van der Waals surface area (Å²) in [6.07, 6.45) is 1.33. The molecule has 0 radical (unpaired) electrons. The van der Waals surface area contributed by atoms with Gasteiger partial charge in [-0.2, -0.15) is 4.73 Å². The summed E-state index contributed by atoms with van der Waals surface area (Å²) in [5.41, 5.74) is 1.29. The number of esters is 2. The summed E-state index contributed by atoms with van der Waals surface area (Å²) < 4.78 is 9.32. The molecule has 0 amide bonds. The van der Waals surface area contributed by atoms with Crippen molar-refractivity contribution in [3.63, 3.8) is 0 Å². The van der Waals surface area contributed by atoms with Crippen LogP contribution in [0.15, 0.2) is 35.3 Å². The summed E-state index contributed by atoms with van der Waals surface area (Å²) in [5, 5.41) is 11.1. The van der Waals surface area contributed by atoms with Crippen molar-refractivity contribution in [2.45, 2.75) is 13.8 Å². The number of aryl methyl sites for hydroxylation is 2. The van der Waals surface area contributed by atoms with Crippen molar-refractivity contribution >= 4 is 11.9 Å². The van der Waals surface area contributed by atoms with Crippen molar-refractivity contribution in [2.24, 2.45) is 0 Å². The van der Waals surface area contributed by atoms with Crippen LogP contribution >= 0.6 is 0 Å². The minimum absolute atomic E-state index is 0.00287. The van der Waals surface area contributed by atoms with Crippen LogP contribution in [0.3, 0.4) is 0 Å². The highest BCUT2D eigenvalue weighted by molar-refractivity contribution is 5.87. The molecule has 0 aliphatic carbocycles. The van der Waals surface area contributed by atoms with Gasteiger partial charge in [-0.25, -0.2) is 9.59 Å². The molecule has 0 spiro atoms. The topological polar surface area (TPSA) is 112 Å². The minimum atomic E-state index is -0.620. The molecular formula is C16H18N2O6. The SMILES string of the molecule is COC(=O)c1ccc(C)c(=O)[nH]1.COC(=O)c1ccc(C)c[n+]1[O-]. The van der Waals surface area contributed by atoms with E-state index in [1.54, 1.807) is 26.0 Å². The second-order valence-electron chi connectivity index (χ2n) is 4.78. The number of H-pyrrole nitrogens is 1. The van der Waals surface area contributed by atoms with Gasteiger partial charge < -0.3 is 19.7 Å². The van der Waals surface area contributed by atoms with E-state index in [1.807, 2.05) is 0 Å². The van der Waals surface area contributed by atoms with Gasteiger partial charge in [0.15, 0.2) is 6.20 Å². The summed E-state index contributed by atoms with van der Waals surface area (Å²) in [7, 11) is 2.50. The van der Waals surface area contributed by atoms with Crippen molar-refractivity contribution in [3.05, 3.63) is 68.5 Å². The first-order chi connectivity index (χ1) is 11.3. The van der Waals surface area contributed by atoms with Gasteiger partial charge in [-0.05, 0) is 26.0 Å². The van der Waals surface area contributed by atoms with Gasteiger partial charge in [-0.15, -0.1) is 0 Å². The molecule has 128 valence electrons. The molecule has 0 bridgehead atoms. The summed E-state index contributed by atoms with van der Waals surface area (Å²) in [6, 6.07) is 6.21. The summed E-state index contributed by atoms with van der Waals surface area (Å²) in [6.45, 7) is 3.44. The van der Waals surface area contributed by atoms with Crippen molar-refractivity contribution in [1.82, 2.24) is 4.98 Å². The first-order valence-corrected chi connectivity index (χ1v) is 6.86. The fourth-order valence-corrected chi connectivity index (χ4v) is 1.62. The maximum atomic E-state index is 11.1. The summed E-state index contributed by atoms with van der Waals surface area (Å²) >= 11 is 0. The monoisotopic (exact) mass is 334 g/mol. The first-order valence-electron chi connectivity index (χ1n) is 6.86. The van der Waals surface area contributed by atoms with E-state index in [4.69, 9.17) is 0 Å². The predicted octanol–water partition coefficient (Wildman–Crippen LogP) is 0.885. The molecule has 0 saturated heterocycles. The molecule has 1 N–H and O–H groups in total. The van der Waals surface area contributed by atoms with E-state index in [0.29, 0.717) is 10.3 Å². The predicted molar refractivity (Wildman–Crippen MR) is 84.6 cm³/mol. The first kappa shape index (κ1) is 18.9. The van der Waals surface area contributed by atoms with Gasteiger partial charge in [-0.3, -0.25) is 4.79 Å². The second-order valence-corrected chi connectivity index (χ2v) is 4.78. The van der Waals surface area contributed by atoms with Crippen LogP contribution in [0.5, 0.6) is 0 Å². The smallest absolute Gasteiger partial charge is 0.404 e. The molecule has 2 aromatic rings. The Morgan fingerprint density at radius 2 is 1.67 bits per heavy atom. The molecule has 2 aromatic heterocycles. The molecule has 0 atom stereocenters. The van der Waals surface area contributed by atoms with Gasteiger partial charge in [0.1, 0.15) is 5.69 Å². The van der Waals surface area contributed by atoms with E-state index < -0.39 is 11.9 Å². The summed E-state index contributed by atoms with van der Waals surface area (Å²) in [5.74, 6) is -1.16. The number of aromatic nitrogens is 2. The average Bonchev–Trinajstić information content (AvgIpc) is 2.56. The number of carbonyl (C=O) groups is 2. The van der Waals surface area contributed by atoms with Crippen molar-refractivity contribution in [2.75, 3.05) is 14.2 Å². The van der Waals surface area contributed by atoms with Gasteiger partial charge in [0.05, 0.1) is 14.2 Å². The van der Waals surface area contributed by atoms with Crippen molar-refractivity contribution in [3.8, 4) is 0 Å². The highest BCUT2D eigenvalue weighted by atomic mass is 16.5. The lowest BCUT2D eigenvalue weighted by Gasteiger charge is -2.02. The lowest BCUT2D eigenvalue weighted by Crippen LogP contribution is -2.34. The van der Waals surface area contributed by atoms with Crippen molar-refractivity contribution < 1.29 is 23.8 Å². The normalized spacial score (nSPS) is 9.50. The van der Waals surface area contributed by atoms with E-state index >= 15 is 0 Å². The maximum absolute atomic E-state index is 11.1. The average molecular weight is 334 g/mol. The second kappa shape index (κ2) is 8.47. The minimum Gasteiger partial charge on any atom is -0.618 e. The largest absolute Gasteiger partial charge is 0.618 e. The number of hydrogen-bond acceptors (Lipinski definition) is 6. The third-order valence-electron chi connectivity index (χ3n) is 2.97. The van der Waals surface area contributed by atoms with Crippen LogP contribution in [0.2, 0.25) is 0 Å². The van der Waals surface area contributed by atoms with Gasteiger partial charge in [0, 0.05) is 17.2 Å². The Morgan fingerprint density at radius 3 is 2.17 bits per heavy atom. The third kappa shape index (κ3) is 4.94. The van der Waals surface area contributed by atoms with Crippen LogP contribution in [-0.2, 0) is 9.47 Å². The number of nitrogens with one attached hydrogen (secondary N) is 1. The third-order valence-corrected chi connectivity index (χ3v) is 2.97. The molecule has 2 heterocycles. The Balaban J connectivity index is 0.000000240. The Bertz CT molecular complexity index is 797. The number of nitrogens with zero attached hydrogens (tertiary/aromatic N) is 1. The highest BCUT2D eigenvalue weighted by Crippen LogP contribution is 1.97. The molecular weight excluding hydrogens is 316 g/mol. The van der Waals surface area contributed by atoms with Gasteiger partial charge in [-0.1, -0.05) is 6.07 Å². The van der Waals surface area contributed by atoms with E-state index in [1.165, 1.54) is 32.5 Å². The lowest BCUT2D eigenvalue weighted by atomic mass is 10.3. The number of ether oxygens (including phenoxy) is 2. The lowest BCUT2D eigenvalue weighted by molar-refractivity contribution is -0.608. The molecule has 0 fully saturated rings. The highest BCUT2D eigenvalue weighted by Gasteiger charge is 2.15. The summed E-state index contributed by atoms with van der Waals surface area (Å²) in [4.78, 5) is 35.2. The van der Waals surface area contributed by atoms with Crippen LogP contribution in [0, 0.1) is 19.1 Å². The zero-order valence-electron chi connectivity index (χ0n) is 13.8. The standard InChI is InChI=1S/2C8H9NO3/c1-6-3-4-7(8(10)12-2)9(11)5-6;1-5-3-4-6(8(11)12-2)9-7(5)10/h3-5H,1-2H3;3-4H,1-2H3,(H,9,10). The number of pyridine rings is 2. The number of rotatable bonds is 2. The molecule has 0 aliphatic heterocycles. The molecule has 0 aliphatic rings. The van der Waals surface area contributed by atoms with E-state index in [-0.39, 0.29) is 16.9 Å². The quantitative estimate of drug-likeness (QED) is 0.496. The maximum Gasteiger partial charge on any atom is 0.404 e. The molecule has 0 aromatic carbocycles. The number of hydrogen-bond donors (Lipinski definition) is 1. The van der Waals surface area contributed by atoms with E-state index in [0.717, 1.165) is 5.56 Å².